The Balaban J connectivity index is 3.15. The van der Waals surface area contributed by atoms with Crippen molar-refractivity contribution in [1.82, 2.24) is 0 Å². The van der Waals surface area contributed by atoms with Crippen LogP contribution in [0.4, 0.5) is 17.6 Å². The minimum absolute atomic E-state index is 0.299. The van der Waals surface area contributed by atoms with E-state index in [0.717, 1.165) is 6.92 Å². The van der Waals surface area contributed by atoms with Gasteiger partial charge in [-0.25, -0.2) is 0 Å². The van der Waals surface area contributed by atoms with Gasteiger partial charge in [0.05, 0.1) is 5.57 Å². The van der Waals surface area contributed by atoms with Gasteiger partial charge in [0, 0.05) is 18.4 Å². The van der Waals surface area contributed by atoms with E-state index in [9.17, 15) is 17.6 Å². The molecular weight excluding hydrogens is 280 g/mol. The Morgan fingerprint density at radius 2 is 1.62 bits per heavy atom. The molecule has 0 aromatic heterocycles. The first-order valence-electron chi connectivity index (χ1n) is 6.39. The van der Waals surface area contributed by atoms with Crippen molar-refractivity contribution in [1.29, 1.82) is 0 Å². The molecule has 0 unspecified atom stereocenters. The average molecular weight is 296 g/mol. The quantitative estimate of drug-likeness (QED) is 0.471. The van der Waals surface area contributed by atoms with Gasteiger partial charge in [-0.05, 0) is 5.56 Å². The van der Waals surface area contributed by atoms with Crippen molar-refractivity contribution in [2.24, 2.45) is 0 Å². The summed E-state index contributed by atoms with van der Waals surface area (Å²) in [7, 11) is 0. The first kappa shape index (κ1) is 17.0. The molecule has 0 bridgehead atoms. The second-order valence-electron chi connectivity index (χ2n) is 4.49. The fourth-order valence-electron chi connectivity index (χ4n) is 1.81. The Labute approximate surface area is 121 Å². The zero-order valence-electron chi connectivity index (χ0n) is 11.7. The molecule has 0 spiro atoms. The number of alkyl halides is 4. The second kappa shape index (κ2) is 6.62. The maximum absolute atomic E-state index is 13.9. The molecule has 0 N–H and O–H groups in total. The van der Waals surface area contributed by atoms with E-state index in [-0.39, 0.29) is 0 Å². The van der Waals surface area contributed by atoms with Gasteiger partial charge >= 0.3 is 11.8 Å². The van der Waals surface area contributed by atoms with E-state index < -0.39 is 30.3 Å². The number of allylic oxidation sites excluding steroid dienone is 2. The van der Waals surface area contributed by atoms with Crippen molar-refractivity contribution in [2.45, 2.75) is 31.6 Å². The number of benzene rings is 1. The summed E-state index contributed by atoms with van der Waals surface area (Å²) in [6.07, 6.45) is -1.40. The Kier molecular flexibility index (Phi) is 5.37. The molecule has 0 amide bonds. The molecule has 0 fully saturated rings. The van der Waals surface area contributed by atoms with Gasteiger partial charge in [-0.15, -0.1) is 11.5 Å². The van der Waals surface area contributed by atoms with Crippen molar-refractivity contribution in [3.63, 3.8) is 0 Å². The summed E-state index contributed by atoms with van der Waals surface area (Å²) in [6, 6.07) is 8.52. The molecule has 0 heterocycles. The second-order valence-corrected chi connectivity index (χ2v) is 4.49. The van der Waals surface area contributed by atoms with Crippen LogP contribution >= 0.6 is 0 Å². The molecule has 0 aliphatic carbocycles. The first-order chi connectivity index (χ1) is 9.80. The molecule has 0 nitrogen and oxygen atoms in total. The van der Waals surface area contributed by atoms with Crippen molar-refractivity contribution >= 4 is 5.57 Å². The van der Waals surface area contributed by atoms with E-state index in [1.807, 2.05) is 5.73 Å². The first-order valence-corrected chi connectivity index (χ1v) is 6.39. The third-order valence-electron chi connectivity index (χ3n) is 3.18. The SMILES string of the molecule is C=C=C(CC(=C=C)C(F)(F)C(F)(F)CC)c1ccccc1. The summed E-state index contributed by atoms with van der Waals surface area (Å²) in [5, 5.41) is 0. The molecule has 0 saturated carbocycles. The fraction of sp³-hybridized carbons (Fsp3) is 0.294. The lowest BCUT2D eigenvalue weighted by Crippen LogP contribution is -2.41. The van der Waals surface area contributed by atoms with Crippen LogP contribution in [0.15, 0.2) is 60.5 Å². The number of halogens is 4. The van der Waals surface area contributed by atoms with Gasteiger partial charge in [0.2, 0.25) is 0 Å². The lowest BCUT2D eigenvalue weighted by Gasteiger charge is -2.27. The summed E-state index contributed by atoms with van der Waals surface area (Å²) < 4.78 is 54.7. The highest BCUT2D eigenvalue weighted by Crippen LogP contribution is 2.44. The van der Waals surface area contributed by atoms with E-state index in [4.69, 9.17) is 0 Å². The molecule has 112 valence electrons. The van der Waals surface area contributed by atoms with E-state index in [2.05, 4.69) is 18.9 Å². The lowest BCUT2D eigenvalue weighted by molar-refractivity contribution is -0.187. The lowest BCUT2D eigenvalue weighted by atomic mass is 9.92. The van der Waals surface area contributed by atoms with E-state index >= 15 is 0 Å². The number of hydrogen-bond acceptors (Lipinski definition) is 0. The maximum atomic E-state index is 13.9. The summed E-state index contributed by atoms with van der Waals surface area (Å²) in [5.41, 5.74) is 4.53. The van der Waals surface area contributed by atoms with Crippen LogP contribution in [-0.2, 0) is 0 Å². The number of hydrogen-bond donors (Lipinski definition) is 0. The van der Waals surface area contributed by atoms with E-state index in [1.54, 1.807) is 30.3 Å². The zero-order valence-corrected chi connectivity index (χ0v) is 11.7. The summed E-state index contributed by atoms with van der Waals surface area (Å²) in [6.45, 7) is 7.56. The molecule has 0 radical (unpaired) electrons. The molecule has 4 heteroatoms. The van der Waals surface area contributed by atoms with Gasteiger partial charge in [-0.3, -0.25) is 0 Å². The topological polar surface area (TPSA) is 0 Å². The van der Waals surface area contributed by atoms with Gasteiger partial charge in [0.25, 0.3) is 0 Å². The van der Waals surface area contributed by atoms with Crippen molar-refractivity contribution in [3.05, 3.63) is 66.1 Å². The Hall–Kier alpha value is -2.02. The molecule has 0 atom stereocenters. The summed E-state index contributed by atoms with van der Waals surface area (Å²) >= 11 is 0. The monoisotopic (exact) mass is 296 g/mol. The van der Waals surface area contributed by atoms with Crippen LogP contribution in [0.1, 0.15) is 25.3 Å². The van der Waals surface area contributed by atoms with Gasteiger partial charge in [-0.2, -0.15) is 17.6 Å². The van der Waals surface area contributed by atoms with Crippen LogP contribution < -0.4 is 0 Å². The standard InChI is InChI=1S/C17H16F4/c1-4-13(14-10-8-7-9-11-14)12-15(5-2)17(20,21)16(18,19)6-3/h7-11H,1-2,6,12H2,3H3. The maximum Gasteiger partial charge on any atom is 0.338 e. The van der Waals surface area contributed by atoms with Crippen LogP contribution in [0.5, 0.6) is 0 Å². The molecule has 0 aliphatic rings. The minimum atomic E-state index is -4.31. The molecule has 1 rings (SSSR count). The summed E-state index contributed by atoms with van der Waals surface area (Å²) in [5.74, 6) is -8.45. The van der Waals surface area contributed by atoms with E-state index in [1.165, 1.54) is 0 Å². The smallest absolute Gasteiger partial charge is 0.199 e. The zero-order chi connectivity index (χ0) is 16.1. The molecular formula is C17H16F4. The van der Waals surface area contributed by atoms with Gasteiger partial charge in [0.1, 0.15) is 0 Å². The number of rotatable bonds is 6. The normalized spacial score (nSPS) is 11.5. The Bertz CT molecular complexity index is 586. The minimum Gasteiger partial charge on any atom is -0.199 e. The molecule has 1 aromatic carbocycles. The summed E-state index contributed by atoms with van der Waals surface area (Å²) in [4.78, 5) is 0. The van der Waals surface area contributed by atoms with Gasteiger partial charge in [0.15, 0.2) is 0 Å². The molecule has 21 heavy (non-hydrogen) atoms. The Morgan fingerprint density at radius 3 is 2.05 bits per heavy atom. The molecule has 0 aliphatic heterocycles. The highest BCUT2D eigenvalue weighted by Gasteiger charge is 2.57. The van der Waals surface area contributed by atoms with Gasteiger partial charge in [-0.1, -0.05) is 50.4 Å². The fourth-order valence-corrected chi connectivity index (χ4v) is 1.81. The average Bonchev–Trinajstić information content (AvgIpc) is 2.48. The van der Waals surface area contributed by atoms with Crippen LogP contribution in [0.25, 0.3) is 5.57 Å². The van der Waals surface area contributed by atoms with Crippen molar-refractivity contribution in [2.75, 3.05) is 0 Å². The van der Waals surface area contributed by atoms with Crippen molar-refractivity contribution < 1.29 is 17.6 Å². The van der Waals surface area contributed by atoms with Gasteiger partial charge < -0.3 is 0 Å². The third kappa shape index (κ3) is 3.55. The predicted octanol–water partition coefficient (Wildman–Crippen LogP) is 5.64. The highest BCUT2D eigenvalue weighted by molar-refractivity contribution is 5.67. The molecule has 0 saturated heterocycles. The van der Waals surface area contributed by atoms with E-state index in [0.29, 0.717) is 11.1 Å². The Morgan fingerprint density at radius 1 is 1.05 bits per heavy atom. The largest absolute Gasteiger partial charge is 0.338 e. The highest BCUT2D eigenvalue weighted by atomic mass is 19.3. The van der Waals surface area contributed by atoms with Crippen molar-refractivity contribution in [3.8, 4) is 0 Å². The third-order valence-corrected chi connectivity index (χ3v) is 3.18. The van der Waals surface area contributed by atoms with Crippen LogP contribution in [0.3, 0.4) is 0 Å². The molecule has 1 aromatic rings. The predicted molar refractivity (Wildman–Crippen MR) is 76.4 cm³/mol. The van der Waals surface area contributed by atoms with Crippen LogP contribution in [0.2, 0.25) is 0 Å². The van der Waals surface area contributed by atoms with Crippen LogP contribution in [-0.4, -0.2) is 11.8 Å². The van der Waals surface area contributed by atoms with Crippen LogP contribution in [0, 0.1) is 0 Å².